The van der Waals surface area contributed by atoms with E-state index in [1.165, 1.54) is 17.0 Å². The zero-order valence-corrected chi connectivity index (χ0v) is 11.4. The van der Waals surface area contributed by atoms with Crippen LogP contribution in [-0.4, -0.2) is 61.4 Å². The molecule has 1 saturated heterocycles. The predicted molar refractivity (Wildman–Crippen MR) is 70.1 cm³/mol. The highest BCUT2D eigenvalue weighted by molar-refractivity contribution is 6.29. The smallest absolute Gasteiger partial charge is 0.289 e. The van der Waals surface area contributed by atoms with E-state index < -0.39 is 0 Å². The Hall–Kier alpha value is -1.53. The normalized spacial score (nSPS) is 15.4. The lowest BCUT2D eigenvalue weighted by molar-refractivity contribution is -0.132. The van der Waals surface area contributed by atoms with Gasteiger partial charge in [0.1, 0.15) is 0 Å². The van der Waals surface area contributed by atoms with Crippen LogP contribution < -0.4 is 5.32 Å². The molecule has 6 nitrogen and oxygen atoms in total. The molecular formula is C12H16ClN3O3. The highest BCUT2D eigenvalue weighted by atomic mass is 35.5. The number of piperazine rings is 1. The van der Waals surface area contributed by atoms with Gasteiger partial charge in [-0.25, -0.2) is 0 Å². The van der Waals surface area contributed by atoms with Crippen molar-refractivity contribution in [2.75, 3.05) is 39.8 Å². The van der Waals surface area contributed by atoms with Gasteiger partial charge < -0.3 is 19.5 Å². The number of hydrogen-bond acceptors (Lipinski definition) is 4. The molecule has 0 radical (unpaired) electrons. The van der Waals surface area contributed by atoms with E-state index in [-0.39, 0.29) is 29.3 Å². The zero-order valence-electron chi connectivity index (χ0n) is 10.7. The Morgan fingerprint density at radius 2 is 2.11 bits per heavy atom. The fourth-order valence-electron chi connectivity index (χ4n) is 1.91. The molecule has 1 aliphatic heterocycles. The minimum atomic E-state index is -0.351. The molecule has 0 aromatic carbocycles. The molecule has 0 unspecified atom stereocenters. The Morgan fingerprint density at radius 3 is 2.68 bits per heavy atom. The molecule has 2 heterocycles. The van der Waals surface area contributed by atoms with Gasteiger partial charge in [-0.2, -0.15) is 0 Å². The molecule has 0 spiro atoms. The predicted octanol–water partition coefficient (Wildman–Crippen LogP) is 0.437. The third-order valence-corrected chi connectivity index (χ3v) is 3.18. The first-order chi connectivity index (χ1) is 9.08. The number of carbonyl (C=O) groups excluding carboxylic acids is 2. The average molecular weight is 286 g/mol. The van der Waals surface area contributed by atoms with Gasteiger partial charge >= 0.3 is 0 Å². The van der Waals surface area contributed by atoms with E-state index in [2.05, 4.69) is 5.32 Å². The summed E-state index contributed by atoms with van der Waals surface area (Å²) >= 11 is 5.62. The highest BCUT2D eigenvalue weighted by Gasteiger charge is 2.22. The minimum absolute atomic E-state index is 0.0388. The summed E-state index contributed by atoms with van der Waals surface area (Å²) in [5.41, 5.74) is 0. The van der Waals surface area contributed by atoms with Crippen LogP contribution in [0.1, 0.15) is 10.6 Å². The number of halogens is 1. The van der Waals surface area contributed by atoms with Crippen LogP contribution in [0, 0.1) is 0 Å². The van der Waals surface area contributed by atoms with E-state index in [9.17, 15) is 9.59 Å². The molecule has 1 aliphatic rings. The number of rotatable bonds is 3. The van der Waals surface area contributed by atoms with Crippen molar-refractivity contribution in [3.8, 4) is 0 Å². The molecule has 0 bridgehead atoms. The van der Waals surface area contributed by atoms with E-state index in [1.807, 2.05) is 0 Å². The van der Waals surface area contributed by atoms with Crippen molar-refractivity contribution < 1.29 is 14.0 Å². The second-order valence-corrected chi connectivity index (χ2v) is 4.77. The summed E-state index contributed by atoms with van der Waals surface area (Å²) in [6, 6.07) is 3.00. The van der Waals surface area contributed by atoms with Gasteiger partial charge in [-0.15, -0.1) is 0 Å². The number of carbonyl (C=O) groups is 2. The van der Waals surface area contributed by atoms with Crippen LogP contribution in [0.5, 0.6) is 0 Å². The van der Waals surface area contributed by atoms with Crippen LogP contribution in [0.3, 0.4) is 0 Å². The molecule has 7 heteroatoms. The third kappa shape index (κ3) is 3.48. The Balaban J connectivity index is 1.91. The summed E-state index contributed by atoms with van der Waals surface area (Å²) in [5, 5.41) is 3.33. The van der Waals surface area contributed by atoms with Gasteiger partial charge in [-0.1, -0.05) is 0 Å². The van der Waals surface area contributed by atoms with Crippen LogP contribution in [-0.2, 0) is 4.79 Å². The Kier molecular flexibility index (Phi) is 4.44. The summed E-state index contributed by atoms with van der Waals surface area (Å²) in [6.45, 7) is 2.96. The van der Waals surface area contributed by atoms with Gasteiger partial charge in [0.2, 0.25) is 5.91 Å². The van der Waals surface area contributed by atoms with Gasteiger partial charge in [-0.3, -0.25) is 9.59 Å². The van der Waals surface area contributed by atoms with Crippen molar-refractivity contribution in [3.63, 3.8) is 0 Å². The van der Waals surface area contributed by atoms with E-state index >= 15 is 0 Å². The minimum Gasteiger partial charge on any atom is -0.440 e. The van der Waals surface area contributed by atoms with Crippen LogP contribution >= 0.6 is 11.6 Å². The maximum Gasteiger partial charge on any atom is 0.289 e. The molecule has 0 saturated carbocycles. The summed E-state index contributed by atoms with van der Waals surface area (Å²) < 4.78 is 5.03. The topological polar surface area (TPSA) is 65.8 Å². The van der Waals surface area contributed by atoms with Crippen molar-refractivity contribution in [1.29, 1.82) is 0 Å². The molecule has 1 N–H and O–H groups in total. The van der Waals surface area contributed by atoms with Gasteiger partial charge in [0.15, 0.2) is 11.0 Å². The molecule has 19 heavy (non-hydrogen) atoms. The van der Waals surface area contributed by atoms with Gasteiger partial charge in [-0.05, 0) is 23.7 Å². The van der Waals surface area contributed by atoms with E-state index in [0.717, 1.165) is 13.1 Å². The molecule has 1 fully saturated rings. The fourth-order valence-corrected chi connectivity index (χ4v) is 2.05. The van der Waals surface area contributed by atoms with Gasteiger partial charge in [0.05, 0.1) is 6.54 Å². The van der Waals surface area contributed by atoms with E-state index in [4.69, 9.17) is 16.0 Å². The lowest BCUT2D eigenvalue weighted by Gasteiger charge is -2.29. The second kappa shape index (κ2) is 6.08. The second-order valence-electron chi connectivity index (χ2n) is 4.40. The number of amides is 2. The highest BCUT2D eigenvalue weighted by Crippen LogP contribution is 2.14. The van der Waals surface area contributed by atoms with Crippen LogP contribution in [0.4, 0.5) is 0 Å². The summed E-state index contributed by atoms with van der Waals surface area (Å²) in [7, 11) is 1.57. The third-order valence-electron chi connectivity index (χ3n) is 2.97. The van der Waals surface area contributed by atoms with Crippen molar-refractivity contribution >= 4 is 23.4 Å². The summed E-state index contributed by atoms with van der Waals surface area (Å²) in [6.07, 6.45) is 0. The van der Waals surface area contributed by atoms with Gasteiger partial charge in [0, 0.05) is 33.2 Å². The molecule has 1 aromatic rings. The molecule has 104 valence electrons. The maximum absolute atomic E-state index is 12.0. The molecule has 0 atom stereocenters. The first kappa shape index (κ1) is 13.9. The monoisotopic (exact) mass is 285 g/mol. The summed E-state index contributed by atoms with van der Waals surface area (Å²) in [4.78, 5) is 27.0. The molecule has 0 aliphatic carbocycles. The van der Waals surface area contributed by atoms with Gasteiger partial charge in [0.25, 0.3) is 5.91 Å². The summed E-state index contributed by atoms with van der Waals surface area (Å²) in [5.74, 6) is -0.272. The lowest BCUT2D eigenvalue weighted by atomic mass is 10.3. The van der Waals surface area contributed by atoms with E-state index in [0.29, 0.717) is 13.1 Å². The molecule has 2 amide bonds. The van der Waals surface area contributed by atoms with Crippen molar-refractivity contribution in [2.24, 2.45) is 0 Å². The van der Waals surface area contributed by atoms with Crippen LogP contribution in [0.25, 0.3) is 0 Å². The lowest BCUT2D eigenvalue weighted by Crippen LogP contribution is -2.49. The number of furan rings is 1. The average Bonchev–Trinajstić information content (AvgIpc) is 2.85. The zero-order chi connectivity index (χ0) is 13.8. The molecular weight excluding hydrogens is 270 g/mol. The number of nitrogens with one attached hydrogen (secondary N) is 1. The fraction of sp³-hybridized carbons (Fsp3) is 0.500. The van der Waals surface area contributed by atoms with Crippen LogP contribution in [0.2, 0.25) is 5.22 Å². The largest absolute Gasteiger partial charge is 0.440 e. The Labute approximate surface area is 116 Å². The van der Waals surface area contributed by atoms with Crippen molar-refractivity contribution in [1.82, 2.24) is 15.1 Å². The Morgan fingerprint density at radius 1 is 1.42 bits per heavy atom. The molecule has 1 aromatic heterocycles. The quantitative estimate of drug-likeness (QED) is 0.875. The number of nitrogens with zero attached hydrogens (tertiary/aromatic N) is 2. The first-order valence-electron chi connectivity index (χ1n) is 6.07. The van der Waals surface area contributed by atoms with Crippen LogP contribution in [0.15, 0.2) is 16.5 Å². The standard InChI is InChI=1S/C12H16ClN3O3/c1-15(12(18)9-2-3-10(13)19-9)8-11(17)16-6-4-14-5-7-16/h2-3,14H,4-8H2,1H3. The first-order valence-corrected chi connectivity index (χ1v) is 6.45. The van der Waals surface area contributed by atoms with E-state index in [1.54, 1.807) is 11.9 Å². The number of hydrogen-bond donors (Lipinski definition) is 1. The Bertz CT molecular complexity index is 469. The van der Waals surface area contributed by atoms with Crippen molar-refractivity contribution in [3.05, 3.63) is 23.1 Å². The molecule has 2 rings (SSSR count). The number of likely N-dealkylation sites (N-methyl/N-ethyl adjacent to an activating group) is 1. The SMILES string of the molecule is CN(CC(=O)N1CCNCC1)C(=O)c1ccc(Cl)o1. The van der Waals surface area contributed by atoms with Crippen molar-refractivity contribution in [2.45, 2.75) is 0 Å². The maximum atomic E-state index is 12.0.